The highest BCUT2D eigenvalue weighted by atomic mass is 15.6. The lowest BCUT2D eigenvalue weighted by molar-refractivity contribution is 0.262. The van der Waals surface area contributed by atoms with Crippen LogP contribution in [0.5, 0.6) is 0 Å². The fourth-order valence-corrected chi connectivity index (χ4v) is 2.06. The number of hydrogen-bond donors (Lipinski definition) is 1. The number of tetrazole rings is 1. The van der Waals surface area contributed by atoms with Crippen molar-refractivity contribution in [2.45, 2.75) is 38.1 Å². The van der Waals surface area contributed by atoms with Gasteiger partial charge in [0.1, 0.15) is 0 Å². The zero-order valence-corrected chi connectivity index (χ0v) is 9.48. The van der Waals surface area contributed by atoms with E-state index in [4.69, 9.17) is 0 Å². The van der Waals surface area contributed by atoms with E-state index in [0.717, 1.165) is 18.2 Å². The molecular formula is C10H19N5. The average Bonchev–Trinajstić information content (AvgIpc) is 2.55. The molecule has 1 atom stereocenters. The fraction of sp³-hybridized carbons (Fsp3) is 0.900. The number of rotatable bonds is 5. The number of nitrogens with zero attached hydrogens (tertiary/aromatic N) is 4. The minimum atomic E-state index is 0.500. The van der Waals surface area contributed by atoms with E-state index >= 15 is 0 Å². The third-order valence-electron chi connectivity index (χ3n) is 3.23. The summed E-state index contributed by atoms with van der Waals surface area (Å²) in [7, 11) is 3.82. The lowest BCUT2D eigenvalue weighted by Gasteiger charge is -2.29. The molecule has 5 heteroatoms. The summed E-state index contributed by atoms with van der Waals surface area (Å²) < 4.78 is 0. The van der Waals surface area contributed by atoms with Crippen molar-refractivity contribution in [2.75, 3.05) is 7.05 Å². The highest BCUT2D eigenvalue weighted by Crippen LogP contribution is 2.30. The first-order valence-electron chi connectivity index (χ1n) is 5.68. The molecule has 2 rings (SSSR count). The number of nitrogens with one attached hydrogen (secondary N) is 1. The molecule has 1 N–H and O–H groups in total. The Kier molecular flexibility index (Phi) is 3.30. The Hall–Kier alpha value is -0.970. The predicted molar refractivity (Wildman–Crippen MR) is 57.3 cm³/mol. The van der Waals surface area contributed by atoms with E-state index in [0.29, 0.717) is 6.04 Å². The van der Waals surface area contributed by atoms with Crippen molar-refractivity contribution in [3.05, 3.63) is 5.82 Å². The number of aromatic nitrogens is 4. The van der Waals surface area contributed by atoms with Crippen LogP contribution in [0.15, 0.2) is 0 Å². The van der Waals surface area contributed by atoms with E-state index in [1.807, 2.05) is 7.05 Å². The second-order valence-corrected chi connectivity index (χ2v) is 4.42. The molecule has 0 radical (unpaired) electrons. The van der Waals surface area contributed by atoms with Gasteiger partial charge in [-0.05, 0) is 24.6 Å². The van der Waals surface area contributed by atoms with Gasteiger partial charge in [-0.2, -0.15) is 4.80 Å². The Balaban J connectivity index is 1.84. The third-order valence-corrected chi connectivity index (χ3v) is 3.23. The van der Waals surface area contributed by atoms with Crippen molar-refractivity contribution < 1.29 is 0 Å². The van der Waals surface area contributed by atoms with E-state index in [1.165, 1.54) is 30.5 Å². The molecule has 1 aromatic rings. The molecule has 1 unspecified atom stereocenters. The molecule has 0 aliphatic heterocycles. The van der Waals surface area contributed by atoms with Gasteiger partial charge in [-0.1, -0.05) is 19.3 Å². The van der Waals surface area contributed by atoms with Crippen LogP contribution in [0, 0.1) is 5.92 Å². The Morgan fingerprint density at radius 1 is 1.53 bits per heavy atom. The van der Waals surface area contributed by atoms with Crippen molar-refractivity contribution in [1.82, 2.24) is 25.5 Å². The molecule has 0 spiro atoms. The van der Waals surface area contributed by atoms with Crippen molar-refractivity contribution in [3.8, 4) is 0 Å². The van der Waals surface area contributed by atoms with Crippen LogP contribution in [0.4, 0.5) is 0 Å². The Morgan fingerprint density at radius 2 is 2.33 bits per heavy atom. The van der Waals surface area contributed by atoms with E-state index in [-0.39, 0.29) is 0 Å². The summed E-state index contributed by atoms with van der Waals surface area (Å²) in [4.78, 5) is 1.52. The smallest absolute Gasteiger partial charge is 0.176 e. The van der Waals surface area contributed by atoms with Crippen LogP contribution >= 0.6 is 0 Å². The number of hydrogen-bond acceptors (Lipinski definition) is 4. The minimum Gasteiger partial charge on any atom is -0.317 e. The topological polar surface area (TPSA) is 55.6 Å². The molecule has 15 heavy (non-hydrogen) atoms. The third kappa shape index (κ3) is 2.75. The summed E-state index contributed by atoms with van der Waals surface area (Å²) in [6, 6.07) is 0.500. The van der Waals surface area contributed by atoms with Gasteiger partial charge in [-0.3, -0.25) is 0 Å². The molecule has 1 fully saturated rings. The molecular weight excluding hydrogens is 190 g/mol. The van der Waals surface area contributed by atoms with E-state index in [9.17, 15) is 0 Å². The van der Waals surface area contributed by atoms with Gasteiger partial charge >= 0.3 is 0 Å². The minimum absolute atomic E-state index is 0.500. The van der Waals surface area contributed by atoms with Crippen LogP contribution in [-0.2, 0) is 13.5 Å². The first-order valence-corrected chi connectivity index (χ1v) is 5.68. The van der Waals surface area contributed by atoms with E-state index in [2.05, 4.69) is 20.7 Å². The van der Waals surface area contributed by atoms with Gasteiger partial charge in [-0.15, -0.1) is 10.2 Å². The summed E-state index contributed by atoms with van der Waals surface area (Å²) in [5.41, 5.74) is 0. The van der Waals surface area contributed by atoms with E-state index in [1.54, 1.807) is 7.05 Å². The predicted octanol–water partition coefficient (Wildman–Crippen LogP) is 0.531. The molecule has 1 aromatic heterocycles. The van der Waals surface area contributed by atoms with Gasteiger partial charge in [0.15, 0.2) is 5.82 Å². The second kappa shape index (κ2) is 4.70. The fourth-order valence-electron chi connectivity index (χ4n) is 2.06. The molecule has 0 bridgehead atoms. The van der Waals surface area contributed by atoms with Crippen LogP contribution in [0.25, 0.3) is 0 Å². The van der Waals surface area contributed by atoms with Gasteiger partial charge in [0.25, 0.3) is 0 Å². The quantitative estimate of drug-likeness (QED) is 0.768. The Bertz CT molecular complexity index is 305. The van der Waals surface area contributed by atoms with Crippen LogP contribution in [0.3, 0.4) is 0 Å². The van der Waals surface area contributed by atoms with Crippen molar-refractivity contribution >= 4 is 0 Å². The molecule has 84 valence electrons. The maximum atomic E-state index is 4.20. The van der Waals surface area contributed by atoms with Crippen LogP contribution in [0.1, 0.15) is 31.5 Å². The van der Waals surface area contributed by atoms with Crippen LogP contribution < -0.4 is 5.32 Å². The molecule has 0 saturated heterocycles. The van der Waals surface area contributed by atoms with Crippen molar-refractivity contribution in [1.29, 1.82) is 0 Å². The van der Waals surface area contributed by atoms with Gasteiger partial charge in [-0.25, -0.2) is 0 Å². The van der Waals surface area contributed by atoms with Crippen LogP contribution in [0.2, 0.25) is 0 Å². The van der Waals surface area contributed by atoms with Gasteiger partial charge in [0, 0.05) is 12.5 Å². The van der Waals surface area contributed by atoms with Crippen molar-refractivity contribution in [3.63, 3.8) is 0 Å². The van der Waals surface area contributed by atoms with Crippen molar-refractivity contribution in [2.24, 2.45) is 13.0 Å². The maximum Gasteiger partial charge on any atom is 0.176 e. The second-order valence-electron chi connectivity index (χ2n) is 4.42. The zero-order valence-electron chi connectivity index (χ0n) is 9.48. The Morgan fingerprint density at radius 3 is 2.80 bits per heavy atom. The van der Waals surface area contributed by atoms with E-state index < -0.39 is 0 Å². The highest BCUT2D eigenvalue weighted by molar-refractivity contribution is 4.86. The molecule has 1 saturated carbocycles. The van der Waals surface area contributed by atoms with Gasteiger partial charge in [0.05, 0.1) is 7.05 Å². The molecule has 5 nitrogen and oxygen atoms in total. The van der Waals surface area contributed by atoms with Gasteiger partial charge in [0.2, 0.25) is 0 Å². The Labute approximate surface area is 90.2 Å². The summed E-state index contributed by atoms with van der Waals surface area (Å²) >= 11 is 0. The van der Waals surface area contributed by atoms with Gasteiger partial charge < -0.3 is 5.32 Å². The molecule has 0 amide bonds. The lowest BCUT2D eigenvalue weighted by Crippen LogP contribution is -2.32. The maximum absolute atomic E-state index is 4.20. The molecule has 1 heterocycles. The largest absolute Gasteiger partial charge is 0.317 e. The summed E-state index contributed by atoms with van der Waals surface area (Å²) in [5, 5.41) is 15.4. The number of aryl methyl sites for hydroxylation is 1. The first-order chi connectivity index (χ1) is 7.28. The number of likely N-dealkylation sites (N-methyl/N-ethyl adjacent to an activating group) is 1. The standard InChI is InChI=1S/C10H19N5/c1-11-9(6-8-4-3-5-8)7-10-12-14-15(2)13-10/h8-9,11H,3-7H2,1-2H3. The summed E-state index contributed by atoms with van der Waals surface area (Å²) in [5.74, 6) is 1.76. The van der Waals surface area contributed by atoms with Crippen LogP contribution in [-0.4, -0.2) is 33.3 Å². The lowest BCUT2D eigenvalue weighted by atomic mass is 9.80. The average molecular weight is 209 g/mol. The molecule has 0 aromatic carbocycles. The monoisotopic (exact) mass is 209 g/mol. The summed E-state index contributed by atoms with van der Waals surface area (Å²) in [6.45, 7) is 0. The zero-order chi connectivity index (χ0) is 10.7. The molecule has 1 aliphatic carbocycles. The summed E-state index contributed by atoms with van der Waals surface area (Å²) in [6.07, 6.45) is 6.33. The normalized spacial score (nSPS) is 18.8. The first kappa shape index (κ1) is 10.5. The highest BCUT2D eigenvalue weighted by Gasteiger charge is 2.22. The molecule has 1 aliphatic rings. The SMILES string of the molecule is CNC(Cc1nnn(C)n1)CC1CCC1.